The fourth-order valence-corrected chi connectivity index (χ4v) is 6.68. The minimum atomic E-state index is -5.39. The molecule has 338 valence electrons. The molecular formula is C38H74O16P2S. The smallest absolute Gasteiger partial charge is 0.456 e. The summed E-state index contributed by atoms with van der Waals surface area (Å²) in [6.45, 7) is 0.517. The van der Waals surface area contributed by atoms with Crippen LogP contribution in [-0.2, 0) is 41.8 Å². The number of terminal acetylenes is 1. The van der Waals surface area contributed by atoms with Gasteiger partial charge in [-0.1, -0.05) is 84.0 Å². The van der Waals surface area contributed by atoms with Crippen LogP contribution in [-0.4, -0.2) is 103 Å². The number of carbonyl (C=O) groups is 2. The molecule has 0 amide bonds. The van der Waals surface area contributed by atoms with Crippen LogP contribution in [0.5, 0.6) is 0 Å². The lowest BCUT2D eigenvalue weighted by atomic mass is 9.85. The van der Waals surface area contributed by atoms with Gasteiger partial charge in [-0.25, -0.2) is 13.9 Å². The van der Waals surface area contributed by atoms with Gasteiger partial charge in [0, 0.05) is 28.0 Å². The van der Waals surface area contributed by atoms with Crippen LogP contribution >= 0.6 is 29.1 Å². The lowest BCUT2D eigenvalue weighted by Gasteiger charge is -2.43. The number of phosphoric acid groups is 2. The summed E-state index contributed by atoms with van der Waals surface area (Å²) in [5.74, 6) is 23.0. The van der Waals surface area contributed by atoms with E-state index < -0.39 is 83.5 Å². The summed E-state index contributed by atoms with van der Waals surface area (Å²) in [7, 11) is -10.8. The Labute approximate surface area is 357 Å². The van der Waals surface area contributed by atoms with Crippen LogP contribution in [0.4, 0.5) is 0 Å². The molecule has 0 saturated heterocycles. The third-order valence-electron chi connectivity index (χ3n) is 7.90. The fourth-order valence-electron chi connectivity index (χ4n) is 5.14. The highest BCUT2D eigenvalue weighted by molar-refractivity contribution is 7.59. The lowest BCUT2D eigenvalue weighted by molar-refractivity contribution is -0.216. The second-order valence-electron chi connectivity index (χ2n) is 12.5. The molecule has 0 aromatic heterocycles. The van der Waals surface area contributed by atoms with Crippen LogP contribution in [0.3, 0.4) is 0 Å². The highest BCUT2D eigenvalue weighted by Crippen LogP contribution is 2.49. The Kier molecular flexibility index (Phi) is 29.0. The summed E-state index contributed by atoms with van der Waals surface area (Å²) in [5.41, 5.74) is 0. The predicted octanol–water partition coefficient (Wildman–Crippen LogP) is 4.83. The lowest BCUT2D eigenvalue weighted by Crippen LogP contribution is -2.64. The highest BCUT2D eigenvalue weighted by atomic mass is 32.1. The van der Waals surface area contributed by atoms with Crippen LogP contribution in [0, 0.1) is 71.5 Å². The molecule has 0 aliphatic heterocycles. The summed E-state index contributed by atoms with van der Waals surface area (Å²) in [6, 6.07) is 0. The van der Waals surface area contributed by atoms with Crippen molar-refractivity contribution in [3.05, 3.63) is 0 Å². The molecule has 8 atom stereocenters. The molecule has 0 aromatic rings. The van der Waals surface area contributed by atoms with Gasteiger partial charge in [0.1, 0.15) is 43.2 Å². The second kappa shape index (κ2) is 30.7. The molecule has 1 rings (SSSR count). The molecule has 1 aliphatic rings. The number of unbranched alkanes of at least 4 members (excludes halogenated alkanes) is 12. The first-order valence-electron chi connectivity index (χ1n) is 18.1. The number of ether oxygens (including phenoxy) is 2. The summed E-state index contributed by atoms with van der Waals surface area (Å²) < 4.78 is 48.4. The molecule has 0 spiro atoms. The van der Waals surface area contributed by atoms with Gasteiger partial charge in [-0.2, -0.15) is 13.5 Å². The van der Waals surface area contributed by atoms with Crippen LogP contribution in [0.1, 0.15) is 113 Å². The van der Waals surface area contributed by atoms with Gasteiger partial charge < -0.3 is 44.6 Å². The number of rotatable bonds is 24. The number of esters is 2. The van der Waals surface area contributed by atoms with Crippen molar-refractivity contribution >= 4 is 41.1 Å². The maximum atomic E-state index is 12.8. The SMILES string of the molecule is C#CC#CC#CC#CC#CC#CC(=O)OC[C@H](COP(=O)(O)OC1C(O)[C@H](OP(=O)(O)O)[C@H](O)C(O)[C@@H]1O)OC(=O)CCCCCCCCCCCCCCC.S.[HH].[HH].[HH].[HH].[HH].[HH].[HH].[HH].[HH].[HH].[HH]. The van der Waals surface area contributed by atoms with Gasteiger partial charge in [-0.05, 0) is 65.6 Å². The van der Waals surface area contributed by atoms with Crippen LogP contribution in [0.2, 0.25) is 0 Å². The van der Waals surface area contributed by atoms with E-state index in [4.69, 9.17) is 34.7 Å². The zero-order chi connectivity index (χ0) is 41.8. The zero-order valence-electron chi connectivity index (χ0n) is 31.6. The van der Waals surface area contributed by atoms with Gasteiger partial charge in [-0.15, -0.1) is 6.42 Å². The van der Waals surface area contributed by atoms with Gasteiger partial charge in [0.2, 0.25) is 0 Å². The molecule has 4 unspecified atom stereocenters. The van der Waals surface area contributed by atoms with Crippen molar-refractivity contribution in [2.24, 2.45) is 0 Å². The van der Waals surface area contributed by atoms with Crippen LogP contribution in [0.25, 0.3) is 0 Å². The molecule has 16 nitrogen and oxygen atoms in total. The Morgan fingerprint density at radius 2 is 1.11 bits per heavy atom. The van der Waals surface area contributed by atoms with Gasteiger partial charge in [0.15, 0.2) is 6.10 Å². The van der Waals surface area contributed by atoms with Gasteiger partial charge in [0.05, 0.1) is 6.61 Å². The Bertz CT molecular complexity index is 1750. The van der Waals surface area contributed by atoms with E-state index in [1.165, 1.54) is 44.9 Å². The molecular weight excluding hydrogens is 806 g/mol. The number of phosphoric ester groups is 2. The molecule has 0 aromatic carbocycles. The minimum absolute atomic E-state index is 0. The average molecular weight is 881 g/mol. The number of aliphatic hydroxyl groups is 4. The molecule has 1 saturated carbocycles. The third kappa shape index (κ3) is 25.6. The number of hydrogen-bond donors (Lipinski definition) is 7. The topological polar surface area (TPSA) is 256 Å². The van der Waals surface area contributed by atoms with E-state index in [-0.39, 0.29) is 35.6 Å². The quantitative estimate of drug-likeness (QED) is 0.0225. The maximum Gasteiger partial charge on any atom is 0.472 e. The number of hydrogen-bond acceptors (Lipinski definition) is 13. The van der Waals surface area contributed by atoms with E-state index in [9.17, 15) is 44.0 Å². The summed E-state index contributed by atoms with van der Waals surface area (Å²) in [5, 5.41) is 40.9. The van der Waals surface area contributed by atoms with E-state index in [1.54, 1.807) is 0 Å². The molecule has 0 bridgehead atoms. The Hall–Kier alpha value is -3.29. The first-order valence-corrected chi connectivity index (χ1v) is 21.1. The van der Waals surface area contributed by atoms with Gasteiger partial charge in [-0.3, -0.25) is 18.4 Å². The molecule has 19 heteroatoms. The summed E-state index contributed by atoms with van der Waals surface area (Å²) >= 11 is 0. The summed E-state index contributed by atoms with van der Waals surface area (Å²) in [6.07, 6.45) is 3.86. The molecule has 1 fully saturated rings. The standard InChI is InChI=1S/C38H50O16P2.H2S.11H2/c1-3-5-7-9-11-13-15-16-17-19-21-23-25-27-32(40)52-30(28-50-31(39)26-24-22-20-18-14-12-10-8-6-4-2)29-51-56(48,49)54-38-35(43)33(41)34(42)37(36(38)44)53-55(45,46)47;;;;;;;;;;;;/h2,30,33-38,41-44H,3,5,7,9,11,13,15-17,19,21,23,25,27-29H2,1H3,(H,48,49)(H2,45,46,47);1H2;11*1H/t30-,33?,34-,35+,36?,37-,38?;;;;;;;;;;;;/m1............/s1. The van der Waals surface area contributed by atoms with Crippen LogP contribution < -0.4 is 0 Å². The van der Waals surface area contributed by atoms with E-state index in [0.717, 1.165) is 32.1 Å². The predicted molar refractivity (Wildman–Crippen MR) is 234 cm³/mol. The molecule has 0 radical (unpaired) electrons. The normalized spacial score (nSPS) is 21.1. The molecule has 7 N–H and O–H groups in total. The van der Waals surface area contributed by atoms with E-state index in [2.05, 4.69) is 70.7 Å². The van der Waals surface area contributed by atoms with Crippen molar-refractivity contribution in [1.82, 2.24) is 0 Å². The fraction of sp³-hybridized carbons (Fsp3) is 0.632. The van der Waals surface area contributed by atoms with Crippen molar-refractivity contribution in [2.75, 3.05) is 13.2 Å². The van der Waals surface area contributed by atoms with Gasteiger partial charge >= 0.3 is 27.6 Å². The number of aliphatic hydroxyl groups excluding tert-OH is 4. The van der Waals surface area contributed by atoms with Gasteiger partial charge in [0.25, 0.3) is 0 Å². The highest BCUT2D eigenvalue weighted by Gasteiger charge is 2.54. The summed E-state index contributed by atoms with van der Waals surface area (Å²) in [4.78, 5) is 53.4. The Balaban J connectivity index is -0.000000261. The zero-order valence-corrected chi connectivity index (χ0v) is 34.4. The first-order chi connectivity index (χ1) is 26.6. The van der Waals surface area contributed by atoms with Crippen molar-refractivity contribution in [1.29, 1.82) is 0 Å². The van der Waals surface area contributed by atoms with Crippen molar-refractivity contribution in [2.45, 2.75) is 140 Å². The minimum Gasteiger partial charge on any atom is -0.456 e. The van der Waals surface area contributed by atoms with E-state index in [0.29, 0.717) is 6.42 Å². The first kappa shape index (κ1) is 53.7. The van der Waals surface area contributed by atoms with E-state index in [1.807, 2.05) is 5.92 Å². The third-order valence-corrected chi connectivity index (χ3v) is 9.41. The van der Waals surface area contributed by atoms with Crippen molar-refractivity contribution < 1.29 is 92.6 Å². The maximum absolute atomic E-state index is 12.8. The largest absolute Gasteiger partial charge is 0.472 e. The van der Waals surface area contributed by atoms with E-state index >= 15 is 0 Å². The van der Waals surface area contributed by atoms with Crippen molar-refractivity contribution in [3.63, 3.8) is 0 Å². The van der Waals surface area contributed by atoms with Crippen molar-refractivity contribution in [3.8, 4) is 71.5 Å². The monoisotopic (exact) mass is 880 g/mol. The Morgan fingerprint density at radius 1 is 0.649 bits per heavy atom. The molecule has 57 heavy (non-hydrogen) atoms. The molecule has 0 heterocycles. The average Bonchev–Trinajstić information content (AvgIpc) is 3.14. The number of carbonyl (C=O) groups excluding carboxylic acids is 2. The van der Waals surface area contributed by atoms with Crippen LogP contribution in [0.15, 0.2) is 0 Å². The second-order valence-corrected chi connectivity index (χ2v) is 15.1. The molecule has 1 aliphatic carbocycles. The Morgan fingerprint density at radius 3 is 1.60 bits per heavy atom.